The number of aromatic carboxylic acids is 1. The molecule has 2 rings (SSSR count). The Labute approximate surface area is 80.8 Å². The summed E-state index contributed by atoms with van der Waals surface area (Å²) < 4.78 is 1.77. The maximum atomic E-state index is 10.8. The molecule has 0 radical (unpaired) electrons. The van der Waals surface area contributed by atoms with E-state index in [1.54, 1.807) is 11.3 Å². The Bertz CT molecular complexity index is 514. The molecular formula is C10H10N2O2. The van der Waals surface area contributed by atoms with E-state index >= 15 is 0 Å². The van der Waals surface area contributed by atoms with Crippen molar-refractivity contribution >= 4 is 11.6 Å². The number of rotatable bonds is 1. The summed E-state index contributed by atoms with van der Waals surface area (Å²) in [5, 5.41) is 8.86. The number of hydrogen-bond acceptors (Lipinski definition) is 2. The van der Waals surface area contributed by atoms with Crippen LogP contribution in [-0.2, 0) is 0 Å². The number of fused-ring (bicyclic) bond motifs is 1. The van der Waals surface area contributed by atoms with Gasteiger partial charge in [-0.05, 0) is 31.5 Å². The van der Waals surface area contributed by atoms with Crippen molar-refractivity contribution in [3.63, 3.8) is 0 Å². The highest BCUT2D eigenvalue weighted by Gasteiger charge is 2.13. The second-order valence-electron chi connectivity index (χ2n) is 3.28. The third kappa shape index (κ3) is 1.16. The third-order valence-electron chi connectivity index (χ3n) is 2.22. The number of imidazole rings is 1. The van der Waals surface area contributed by atoms with Crippen LogP contribution in [0.1, 0.15) is 21.7 Å². The molecule has 0 aliphatic carbocycles. The average Bonchev–Trinajstić information content (AvgIpc) is 2.43. The molecule has 0 amide bonds. The molecule has 0 atom stereocenters. The Balaban J connectivity index is 2.79. The maximum Gasteiger partial charge on any atom is 0.356 e. The van der Waals surface area contributed by atoms with Crippen molar-refractivity contribution in [2.45, 2.75) is 13.8 Å². The molecule has 0 aromatic carbocycles. The topological polar surface area (TPSA) is 54.6 Å². The lowest BCUT2D eigenvalue weighted by molar-refractivity contribution is 0.0690. The molecule has 0 saturated carbocycles. The minimum Gasteiger partial charge on any atom is -0.476 e. The number of carboxylic acid groups (broad SMARTS) is 1. The molecule has 2 aromatic rings. The van der Waals surface area contributed by atoms with Crippen molar-refractivity contribution < 1.29 is 9.90 Å². The Morgan fingerprint density at radius 2 is 2.21 bits per heavy atom. The highest BCUT2D eigenvalue weighted by molar-refractivity contribution is 5.87. The summed E-state index contributed by atoms with van der Waals surface area (Å²) in [5.41, 5.74) is 2.53. The number of aromatic nitrogens is 2. The van der Waals surface area contributed by atoms with E-state index in [9.17, 15) is 4.79 Å². The van der Waals surface area contributed by atoms with Gasteiger partial charge in [0, 0.05) is 6.20 Å². The molecular weight excluding hydrogens is 180 g/mol. The largest absolute Gasteiger partial charge is 0.476 e. The van der Waals surface area contributed by atoms with E-state index in [0.29, 0.717) is 11.3 Å². The lowest BCUT2D eigenvalue weighted by Gasteiger charge is -1.96. The fraction of sp³-hybridized carbons (Fsp3) is 0.200. The number of pyridine rings is 1. The number of carboxylic acids is 1. The van der Waals surface area contributed by atoms with Gasteiger partial charge in [-0.25, -0.2) is 9.78 Å². The van der Waals surface area contributed by atoms with Crippen LogP contribution in [0.3, 0.4) is 0 Å². The SMILES string of the molecule is Cc1ccn2c(C)c(C(=O)O)nc2c1. The molecule has 4 heteroatoms. The van der Waals surface area contributed by atoms with E-state index in [4.69, 9.17) is 5.11 Å². The zero-order chi connectivity index (χ0) is 10.3. The van der Waals surface area contributed by atoms with Gasteiger partial charge in [0.2, 0.25) is 0 Å². The summed E-state index contributed by atoms with van der Waals surface area (Å²) in [6.07, 6.45) is 1.83. The molecule has 0 bridgehead atoms. The summed E-state index contributed by atoms with van der Waals surface area (Å²) in [6.45, 7) is 3.70. The van der Waals surface area contributed by atoms with Crippen LogP contribution in [0.5, 0.6) is 0 Å². The molecule has 0 unspecified atom stereocenters. The minimum absolute atomic E-state index is 0.121. The van der Waals surface area contributed by atoms with Crippen molar-refractivity contribution in [3.8, 4) is 0 Å². The zero-order valence-electron chi connectivity index (χ0n) is 7.98. The molecule has 0 aliphatic heterocycles. The lowest BCUT2D eigenvalue weighted by Crippen LogP contribution is -1.99. The van der Waals surface area contributed by atoms with E-state index in [1.165, 1.54) is 0 Å². The number of hydrogen-bond donors (Lipinski definition) is 1. The predicted octanol–water partition coefficient (Wildman–Crippen LogP) is 1.65. The van der Waals surface area contributed by atoms with Gasteiger partial charge in [0.1, 0.15) is 5.65 Å². The minimum atomic E-state index is -0.983. The fourth-order valence-electron chi connectivity index (χ4n) is 1.47. The van der Waals surface area contributed by atoms with Crippen molar-refractivity contribution in [2.75, 3.05) is 0 Å². The van der Waals surface area contributed by atoms with E-state index in [2.05, 4.69) is 4.98 Å². The second kappa shape index (κ2) is 2.83. The first kappa shape index (κ1) is 8.74. The molecule has 0 fully saturated rings. The number of carbonyl (C=O) groups is 1. The van der Waals surface area contributed by atoms with E-state index in [-0.39, 0.29) is 5.69 Å². The Kier molecular flexibility index (Phi) is 1.77. The standard InChI is InChI=1S/C10H10N2O2/c1-6-3-4-12-7(2)9(10(13)14)11-8(12)5-6/h3-5H,1-2H3,(H,13,14). The summed E-state index contributed by atoms with van der Waals surface area (Å²) >= 11 is 0. The first-order valence-corrected chi connectivity index (χ1v) is 4.28. The fourth-order valence-corrected chi connectivity index (χ4v) is 1.47. The van der Waals surface area contributed by atoms with Crippen LogP contribution in [0, 0.1) is 13.8 Å². The Morgan fingerprint density at radius 1 is 1.50 bits per heavy atom. The Hall–Kier alpha value is -1.84. The normalized spacial score (nSPS) is 10.7. The van der Waals surface area contributed by atoms with Crippen LogP contribution >= 0.6 is 0 Å². The molecule has 0 aliphatic rings. The van der Waals surface area contributed by atoms with E-state index in [0.717, 1.165) is 5.56 Å². The van der Waals surface area contributed by atoms with Gasteiger partial charge in [0.25, 0.3) is 0 Å². The molecule has 2 aromatic heterocycles. The first-order chi connectivity index (χ1) is 6.59. The highest BCUT2D eigenvalue weighted by atomic mass is 16.4. The summed E-state index contributed by atoms with van der Waals surface area (Å²) in [6, 6.07) is 3.78. The molecule has 14 heavy (non-hydrogen) atoms. The van der Waals surface area contributed by atoms with Gasteiger partial charge >= 0.3 is 5.97 Å². The maximum absolute atomic E-state index is 10.8. The van der Waals surface area contributed by atoms with Gasteiger partial charge < -0.3 is 9.51 Å². The Morgan fingerprint density at radius 3 is 2.86 bits per heavy atom. The van der Waals surface area contributed by atoms with Gasteiger partial charge in [0.05, 0.1) is 5.69 Å². The summed E-state index contributed by atoms with van der Waals surface area (Å²) in [5.74, 6) is -0.983. The second-order valence-corrected chi connectivity index (χ2v) is 3.28. The third-order valence-corrected chi connectivity index (χ3v) is 2.22. The molecule has 2 heterocycles. The van der Waals surface area contributed by atoms with Crippen LogP contribution in [0.2, 0.25) is 0 Å². The van der Waals surface area contributed by atoms with Gasteiger partial charge in [-0.3, -0.25) is 0 Å². The smallest absolute Gasteiger partial charge is 0.356 e. The van der Waals surface area contributed by atoms with E-state index in [1.807, 2.05) is 25.3 Å². The van der Waals surface area contributed by atoms with Gasteiger partial charge in [-0.15, -0.1) is 0 Å². The van der Waals surface area contributed by atoms with Crippen molar-refractivity contribution in [2.24, 2.45) is 0 Å². The van der Waals surface area contributed by atoms with Crippen LogP contribution < -0.4 is 0 Å². The van der Waals surface area contributed by atoms with Crippen molar-refractivity contribution in [1.82, 2.24) is 9.38 Å². The van der Waals surface area contributed by atoms with Gasteiger partial charge in [-0.1, -0.05) is 0 Å². The molecule has 0 saturated heterocycles. The van der Waals surface area contributed by atoms with Gasteiger partial charge in [0.15, 0.2) is 5.69 Å². The van der Waals surface area contributed by atoms with Crippen LogP contribution in [0.25, 0.3) is 5.65 Å². The molecule has 4 nitrogen and oxygen atoms in total. The molecule has 1 N–H and O–H groups in total. The number of nitrogens with zero attached hydrogens (tertiary/aromatic N) is 2. The predicted molar refractivity (Wildman–Crippen MR) is 51.6 cm³/mol. The molecule has 72 valence electrons. The zero-order valence-corrected chi connectivity index (χ0v) is 7.98. The van der Waals surface area contributed by atoms with Crippen LogP contribution in [-0.4, -0.2) is 20.5 Å². The summed E-state index contributed by atoms with van der Waals surface area (Å²) in [4.78, 5) is 14.8. The van der Waals surface area contributed by atoms with Crippen LogP contribution in [0.4, 0.5) is 0 Å². The average molecular weight is 190 g/mol. The highest BCUT2D eigenvalue weighted by Crippen LogP contribution is 2.12. The van der Waals surface area contributed by atoms with Crippen molar-refractivity contribution in [1.29, 1.82) is 0 Å². The van der Waals surface area contributed by atoms with Crippen molar-refractivity contribution in [3.05, 3.63) is 35.3 Å². The van der Waals surface area contributed by atoms with E-state index < -0.39 is 5.97 Å². The lowest BCUT2D eigenvalue weighted by atomic mass is 10.3. The summed E-state index contributed by atoms with van der Waals surface area (Å²) in [7, 11) is 0. The van der Waals surface area contributed by atoms with Gasteiger partial charge in [-0.2, -0.15) is 0 Å². The quantitative estimate of drug-likeness (QED) is 0.743. The molecule has 0 spiro atoms. The van der Waals surface area contributed by atoms with Crippen LogP contribution in [0.15, 0.2) is 18.3 Å². The monoisotopic (exact) mass is 190 g/mol. The first-order valence-electron chi connectivity index (χ1n) is 4.28. The number of aryl methyl sites for hydroxylation is 2.